The number of hydrogen-bond acceptors (Lipinski definition) is 8. The number of carboxylic acid groups (broad SMARTS) is 1. The van der Waals surface area contributed by atoms with E-state index in [1.54, 1.807) is 29.2 Å². The molecule has 1 aromatic heterocycles. The summed E-state index contributed by atoms with van der Waals surface area (Å²) in [5, 5.41) is 38.1. The molecule has 2 bridgehead atoms. The quantitative estimate of drug-likeness (QED) is 0.0768. The second-order valence-corrected chi connectivity index (χ2v) is 14.4. The Morgan fingerprint density at radius 2 is 1.67 bits per heavy atom. The lowest BCUT2D eigenvalue weighted by Crippen LogP contribution is -2.59. The SMILES string of the molecule is O=C(NCCCNC[C@H](O)c1ccc(O)c2[nH]c(=O)ccc12)c1ccc(COc2cccc(C(c3ccccc3)N(C(=O)O)[C@H]3CN4CCC3CC4)c2)cc1. The molecule has 3 saturated heterocycles. The molecule has 286 valence electrons. The lowest BCUT2D eigenvalue weighted by Gasteiger charge is -2.50. The van der Waals surface area contributed by atoms with Crippen molar-refractivity contribution in [2.24, 2.45) is 5.92 Å². The van der Waals surface area contributed by atoms with Crippen LogP contribution in [0.5, 0.6) is 11.5 Å². The first kappa shape index (κ1) is 37.6. The summed E-state index contributed by atoms with van der Waals surface area (Å²) in [4.78, 5) is 44.1. The first-order valence-corrected chi connectivity index (χ1v) is 18.9. The van der Waals surface area contributed by atoms with Crippen LogP contribution in [0.25, 0.3) is 10.9 Å². The molecule has 3 aliphatic rings. The fraction of sp³-hybridized carbons (Fsp3) is 0.326. The molecule has 6 N–H and O–H groups in total. The van der Waals surface area contributed by atoms with Crippen molar-refractivity contribution in [3.05, 3.63) is 141 Å². The number of piperidine rings is 3. The van der Waals surface area contributed by atoms with Gasteiger partial charge in [-0.25, -0.2) is 4.79 Å². The van der Waals surface area contributed by atoms with Crippen molar-refractivity contribution >= 4 is 22.9 Å². The lowest BCUT2D eigenvalue weighted by molar-refractivity contribution is -0.000814. The number of aliphatic hydroxyl groups is 1. The molecule has 55 heavy (non-hydrogen) atoms. The number of aliphatic hydroxyl groups excluding tert-OH is 1. The van der Waals surface area contributed by atoms with Gasteiger partial charge in [-0.05, 0) is 103 Å². The van der Waals surface area contributed by atoms with Crippen LogP contribution in [0.3, 0.4) is 0 Å². The maximum atomic E-state index is 13.0. The van der Waals surface area contributed by atoms with E-state index >= 15 is 0 Å². The van der Waals surface area contributed by atoms with Crippen molar-refractivity contribution in [2.45, 2.75) is 44.1 Å². The third-order valence-corrected chi connectivity index (χ3v) is 10.8. The molecule has 5 aromatic rings. The number of rotatable bonds is 15. The average molecular weight is 746 g/mol. The van der Waals surface area contributed by atoms with Crippen LogP contribution in [0.15, 0.2) is 108 Å². The Labute approximate surface area is 319 Å². The predicted octanol–water partition coefficient (Wildman–Crippen LogP) is 5.42. The monoisotopic (exact) mass is 745 g/mol. The number of carbonyl (C=O) groups is 2. The molecular weight excluding hydrogens is 699 g/mol. The highest BCUT2D eigenvalue weighted by Gasteiger charge is 2.43. The van der Waals surface area contributed by atoms with Gasteiger partial charge in [0.15, 0.2) is 0 Å². The number of pyridine rings is 1. The normalized spacial score (nSPS) is 18.7. The second kappa shape index (κ2) is 17.2. The zero-order chi connectivity index (χ0) is 38.3. The minimum atomic E-state index is -0.920. The predicted molar refractivity (Wildman–Crippen MR) is 209 cm³/mol. The Morgan fingerprint density at radius 3 is 2.40 bits per heavy atom. The smallest absolute Gasteiger partial charge is 0.408 e. The van der Waals surface area contributed by atoms with Gasteiger partial charge in [-0.2, -0.15) is 0 Å². The molecule has 2 amide bonds. The van der Waals surface area contributed by atoms with E-state index in [4.69, 9.17) is 4.74 Å². The molecule has 12 heteroatoms. The van der Waals surface area contributed by atoms with Gasteiger partial charge in [-0.15, -0.1) is 0 Å². The van der Waals surface area contributed by atoms with E-state index in [0.717, 1.165) is 49.2 Å². The Kier molecular flexibility index (Phi) is 11.8. The topological polar surface area (TPSA) is 167 Å². The van der Waals surface area contributed by atoms with Crippen LogP contribution in [0.1, 0.15) is 64.0 Å². The highest BCUT2D eigenvalue weighted by Crippen LogP contribution is 2.39. The van der Waals surface area contributed by atoms with Crippen LogP contribution >= 0.6 is 0 Å². The molecule has 8 rings (SSSR count). The Bertz CT molecular complexity index is 2150. The number of benzene rings is 4. The summed E-state index contributed by atoms with van der Waals surface area (Å²) in [6.07, 6.45) is 0.886. The van der Waals surface area contributed by atoms with Crippen molar-refractivity contribution < 1.29 is 29.6 Å². The molecule has 3 atom stereocenters. The van der Waals surface area contributed by atoms with Crippen LogP contribution in [-0.2, 0) is 6.61 Å². The zero-order valence-corrected chi connectivity index (χ0v) is 30.6. The molecular formula is C43H47N5O7. The van der Waals surface area contributed by atoms with Crippen LogP contribution in [0, 0.1) is 5.92 Å². The van der Waals surface area contributed by atoms with Gasteiger partial charge in [-0.3, -0.25) is 14.5 Å². The molecule has 4 heterocycles. The van der Waals surface area contributed by atoms with Crippen molar-refractivity contribution in [1.82, 2.24) is 25.4 Å². The van der Waals surface area contributed by atoms with Gasteiger partial charge in [-0.1, -0.05) is 60.7 Å². The third kappa shape index (κ3) is 8.83. The average Bonchev–Trinajstić information content (AvgIpc) is 3.21. The van der Waals surface area contributed by atoms with Gasteiger partial charge in [0.05, 0.1) is 23.7 Å². The Balaban J connectivity index is 0.904. The van der Waals surface area contributed by atoms with Gasteiger partial charge < -0.3 is 40.6 Å². The molecule has 0 aliphatic carbocycles. The summed E-state index contributed by atoms with van der Waals surface area (Å²) in [5.74, 6) is 0.724. The van der Waals surface area contributed by atoms with E-state index in [1.165, 1.54) is 12.1 Å². The first-order valence-electron chi connectivity index (χ1n) is 18.9. The molecule has 3 aliphatic heterocycles. The van der Waals surface area contributed by atoms with Crippen molar-refractivity contribution in [2.75, 3.05) is 39.3 Å². The van der Waals surface area contributed by atoms with Crippen LogP contribution in [0.4, 0.5) is 4.79 Å². The van der Waals surface area contributed by atoms with E-state index in [2.05, 4.69) is 20.5 Å². The fourth-order valence-corrected chi connectivity index (χ4v) is 7.95. The molecule has 0 radical (unpaired) electrons. The molecule has 0 spiro atoms. The molecule has 0 saturated carbocycles. The Morgan fingerprint density at radius 1 is 0.909 bits per heavy atom. The van der Waals surface area contributed by atoms with Gasteiger partial charge in [0.2, 0.25) is 5.56 Å². The summed E-state index contributed by atoms with van der Waals surface area (Å²) in [7, 11) is 0. The number of phenolic OH excluding ortho intramolecular Hbond substituents is 1. The van der Waals surface area contributed by atoms with Gasteiger partial charge in [0, 0.05) is 36.7 Å². The van der Waals surface area contributed by atoms with Gasteiger partial charge in [0.25, 0.3) is 5.91 Å². The van der Waals surface area contributed by atoms with Gasteiger partial charge >= 0.3 is 6.09 Å². The van der Waals surface area contributed by atoms with Gasteiger partial charge in [0.1, 0.15) is 18.1 Å². The highest BCUT2D eigenvalue weighted by molar-refractivity contribution is 5.94. The minimum Gasteiger partial charge on any atom is -0.506 e. The van der Waals surface area contributed by atoms with Crippen LogP contribution in [-0.4, -0.2) is 87.4 Å². The minimum absolute atomic E-state index is 0.0595. The van der Waals surface area contributed by atoms with E-state index in [-0.39, 0.29) is 41.9 Å². The standard InChI is InChI=1S/C43H47N5O7/c49-37-16-14-34(35-15-17-39(51)46-40(35)37)38(50)25-44-20-5-21-45-42(52)31-12-10-28(11-13-31)27-55-33-9-4-8-32(24-33)41(30-6-2-1-3-7-30)48(43(53)54)36-26-47-22-18-29(36)19-23-47/h1-4,6-17,24,29,36,38,41,44,49-50H,5,18-23,25-27H2,(H,45,52)(H,46,51)(H,53,54)/t36-,38-,41?/m0/s1. The number of amides is 2. The second-order valence-electron chi connectivity index (χ2n) is 14.4. The fourth-order valence-electron chi connectivity index (χ4n) is 7.95. The van der Waals surface area contributed by atoms with E-state index in [1.807, 2.05) is 66.7 Å². The van der Waals surface area contributed by atoms with Crippen molar-refractivity contribution in [3.63, 3.8) is 0 Å². The Hall–Kier alpha value is -5.69. The van der Waals surface area contributed by atoms with Crippen LogP contribution in [0.2, 0.25) is 0 Å². The molecule has 4 aromatic carbocycles. The maximum Gasteiger partial charge on any atom is 0.408 e. The maximum absolute atomic E-state index is 13.0. The number of H-pyrrole nitrogens is 1. The zero-order valence-electron chi connectivity index (χ0n) is 30.6. The summed E-state index contributed by atoms with van der Waals surface area (Å²) in [5.41, 5.74) is 3.72. The number of nitrogens with one attached hydrogen (secondary N) is 3. The molecule has 1 unspecified atom stereocenters. The number of aromatic amines is 1. The number of ether oxygens (including phenoxy) is 1. The number of aromatic hydroxyl groups is 1. The summed E-state index contributed by atoms with van der Waals surface area (Å²) >= 11 is 0. The summed E-state index contributed by atoms with van der Waals surface area (Å²) in [6.45, 7) is 4.34. The lowest BCUT2D eigenvalue weighted by atomic mass is 9.81. The molecule has 3 fully saturated rings. The first-order chi connectivity index (χ1) is 26.7. The third-order valence-electron chi connectivity index (χ3n) is 10.8. The number of carbonyl (C=O) groups excluding carboxylic acids is 1. The summed E-state index contributed by atoms with van der Waals surface area (Å²) < 4.78 is 6.21. The van der Waals surface area contributed by atoms with Crippen molar-refractivity contribution in [3.8, 4) is 11.5 Å². The molecule has 12 nitrogen and oxygen atoms in total. The number of hydrogen-bond donors (Lipinski definition) is 6. The largest absolute Gasteiger partial charge is 0.506 e. The number of nitrogens with zero attached hydrogens (tertiary/aromatic N) is 2. The number of fused-ring (bicyclic) bond motifs is 4. The van der Waals surface area contributed by atoms with E-state index in [0.29, 0.717) is 47.7 Å². The number of aromatic nitrogens is 1. The van der Waals surface area contributed by atoms with E-state index < -0.39 is 18.2 Å². The summed E-state index contributed by atoms with van der Waals surface area (Å²) in [6, 6.07) is 30.2. The van der Waals surface area contributed by atoms with E-state index in [9.17, 15) is 29.7 Å². The van der Waals surface area contributed by atoms with Crippen LogP contribution < -0.4 is 20.9 Å². The number of phenols is 1. The van der Waals surface area contributed by atoms with Crippen molar-refractivity contribution in [1.29, 1.82) is 0 Å². The highest BCUT2D eigenvalue weighted by atomic mass is 16.5.